The van der Waals surface area contributed by atoms with Gasteiger partial charge in [-0.25, -0.2) is 0 Å². The van der Waals surface area contributed by atoms with Crippen LogP contribution < -0.4 is 10.6 Å². The maximum Gasteiger partial charge on any atom is 0.292 e. The van der Waals surface area contributed by atoms with Gasteiger partial charge in [0.25, 0.3) is 11.7 Å². The molecule has 2 heterocycles. The van der Waals surface area contributed by atoms with E-state index in [2.05, 4.69) is 25.9 Å². The van der Waals surface area contributed by atoms with Crippen LogP contribution in [-0.2, 0) is 11.3 Å². The maximum absolute atomic E-state index is 12.1. The van der Waals surface area contributed by atoms with Crippen LogP contribution in [0.2, 0.25) is 0 Å². The summed E-state index contributed by atoms with van der Waals surface area (Å²) in [6, 6.07) is 1.35. The fourth-order valence-electron chi connectivity index (χ4n) is 1.77. The molecular formula is C12H16N6O3. The Balaban J connectivity index is 1.94. The van der Waals surface area contributed by atoms with Crippen LogP contribution in [0.1, 0.15) is 35.9 Å². The van der Waals surface area contributed by atoms with Gasteiger partial charge in [-0.15, -0.1) is 0 Å². The Morgan fingerprint density at radius 2 is 2.29 bits per heavy atom. The third-order valence-electron chi connectivity index (χ3n) is 2.85. The number of carbonyl (C=O) groups is 2. The average molecular weight is 292 g/mol. The number of hydrogen-bond acceptors (Lipinski definition) is 6. The van der Waals surface area contributed by atoms with Crippen molar-refractivity contribution in [2.75, 3.05) is 7.05 Å². The van der Waals surface area contributed by atoms with Crippen LogP contribution in [0, 0.1) is 0 Å². The highest BCUT2D eigenvalue weighted by atomic mass is 16.5. The lowest BCUT2D eigenvalue weighted by molar-refractivity contribution is -0.125. The molecule has 0 radical (unpaired) electrons. The van der Waals surface area contributed by atoms with E-state index >= 15 is 0 Å². The van der Waals surface area contributed by atoms with E-state index < -0.39 is 11.9 Å². The van der Waals surface area contributed by atoms with Crippen LogP contribution in [-0.4, -0.2) is 38.8 Å². The van der Waals surface area contributed by atoms with Crippen molar-refractivity contribution in [3.63, 3.8) is 0 Å². The molecule has 2 amide bonds. The molecule has 0 aromatic carbocycles. The van der Waals surface area contributed by atoms with Crippen LogP contribution in [0.5, 0.6) is 0 Å². The summed E-state index contributed by atoms with van der Waals surface area (Å²) in [5.41, 5.74) is 0. The molecule has 0 fully saturated rings. The summed E-state index contributed by atoms with van der Waals surface area (Å²) < 4.78 is 6.47. The van der Waals surface area contributed by atoms with Crippen molar-refractivity contribution in [1.82, 2.24) is 30.6 Å². The quantitative estimate of drug-likeness (QED) is 0.768. The zero-order valence-corrected chi connectivity index (χ0v) is 11.7. The number of aromatic nitrogens is 4. The predicted molar refractivity (Wildman–Crippen MR) is 71.1 cm³/mol. The van der Waals surface area contributed by atoms with E-state index in [1.54, 1.807) is 23.1 Å². The normalized spacial score (nSPS) is 11.9. The lowest BCUT2D eigenvalue weighted by Gasteiger charge is -2.14. The van der Waals surface area contributed by atoms with Gasteiger partial charge in [-0.3, -0.25) is 14.3 Å². The molecule has 112 valence electrons. The van der Waals surface area contributed by atoms with Gasteiger partial charge >= 0.3 is 0 Å². The fourth-order valence-corrected chi connectivity index (χ4v) is 1.77. The van der Waals surface area contributed by atoms with E-state index in [1.165, 1.54) is 7.05 Å². The fraction of sp³-hybridized carbons (Fsp3) is 0.417. The number of nitrogens with zero attached hydrogens (tertiary/aromatic N) is 4. The Bertz CT molecular complexity index is 606. The van der Waals surface area contributed by atoms with Gasteiger partial charge in [-0.05, 0) is 12.5 Å². The van der Waals surface area contributed by atoms with E-state index in [4.69, 9.17) is 4.52 Å². The van der Waals surface area contributed by atoms with Crippen molar-refractivity contribution in [1.29, 1.82) is 0 Å². The van der Waals surface area contributed by atoms with Gasteiger partial charge in [-0.1, -0.05) is 12.1 Å². The van der Waals surface area contributed by atoms with Gasteiger partial charge in [0, 0.05) is 19.4 Å². The highest BCUT2D eigenvalue weighted by Gasteiger charge is 2.19. The van der Waals surface area contributed by atoms with Gasteiger partial charge < -0.3 is 15.2 Å². The van der Waals surface area contributed by atoms with Gasteiger partial charge in [-0.2, -0.15) is 10.1 Å². The molecule has 21 heavy (non-hydrogen) atoms. The minimum Gasteiger partial charge on any atom is -0.352 e. The third-order valence-corrected chi connectivity index (χ3v) is 2.85. The topological polar surface area (TPSA) is 115 Å². The summed E-state index contributed by atoms with van der Waals surface area (Å²) in [4.78, 5) is 27.3. The molecule has 2 rings (SSSR count). The summed E-state index contributed by atoms with van der Waals surface area (Å²) in [7, 11) is 1.47. The van der Waals surface area contributed by atoms with Crippen molar-refractivity contribution < 1.29 is 14.1 Å². The molecule has 0 aliphatic heterocycles. The molecule has 0 aliphatic rings. The molecule has 2 N–H and O–H groups in total. The summed E-state index contributed by atoms with van der Waals surface area (Å²) in [5.74, 6) is -0.557. The molecule has 0 saturated carbocycles. The maximum atomic E-state index is 12.1. The minimum atomic E-state index is -0.445. The highest BCUT2D eigenvalue weighted by Crippen LogP contribution is 2.09. The Morgan fingerprint density at radius 3 is 2.90 bits per heavy atom. The molecule has 0 spiro atoms. The number of amides is 2. The number of nitrogens with one attached hydrogen (secondary N) is 2. The number of rotatable bonds is 6. The van der Waals surface area contributed by atoms with Crippen molar-refractivity contribution >= 4 is 11.8 Å². The van der Waals surface area contributed by atoms with Crippen LogP contribution in [0.3, 0.4) is 0 Å². The van der Waals surface area contributed by atoms with Crippen LogP contribution in [0.4, 0.5) is 0 Å². The molecule has 0 bridgehead atoms. The molecule has 2 aromatic rings. The average Bonchev–Trinajstić information content (AvgIpc) is 3.16. The van der Waals surface area contributed by atoms with Crippen LogP contribution >= 0.6 is 0 Å². The molecule has 9 nitrogen and oxygen atoms in total. The Labute approximate surface area is 120 Å². The smallest absolute Gasteiger partial charge is 0.292 e. The molecule has 9 heteroatoms. The number of hydrogen-bond donors (Lipinski definition) is 2. The zero-order valence-electron chi connectivity index (χ0n) is 11.7. The Morgan fingerprint density at radius 1 is 1.48 bits per heavy atom. The van der Waals surface area contributed by atoms with E-state index in [0.717, 1.165) is 0 Å². The molecule has 1 atom stereocenters. The predicted octanol–water partition coefficient (Wildman–Crippen LogP) is -0.107. The van der Waals surface area contributed by atoms with Gasteiger partial charge in [0.15, 0.2) is 0 Å². The SMILES string of the molecule is CC[C@@H](C(=O)NCc1nc(C(=O)NC)no1)n1cccn1. The summed E-state index contributed by atoms with van der Waals surface area (Å²) >= 11 is 0. The minimum absolute atomic E-state index is 0.0561. The Kier molecular flexibility index (Phi) is 4.64. The van der Waals surface area contributed by atoms with Crippen molar-refractivity contribution in [2.45, 2.75) is 25.9 Å². The first-order valence-corrected chi connectivity index (χ1v) is 6.47. The molecular weight excluding hydrogens is 276 g/mol. The van der Waals surface area contributed by atoms with E-state index in [1.807, 2.05) is 6.92 Å². The van der Waals surface area contributed by atoms with E-state index in [9.17, 15) is 9.59 Å². The van der Waals surface area contributed by atoms with E-state index in [0.29, 0.717) is 6.42 Å². The first-order chi connectivity index (χ1) is 10.2. The number of carbonyl (C=O) groups excluding carboxylic acids is 2. The standard InChI is InChI=1S/C12H16N6O3/c1-3-8(18-6-4-5-15-18)11(19)14-7-9-16-10(17-21-9)12(20)13-2/h4-6,8H,3,7H2,1-2H3,(H,13,20)(H,14,19)/t8-/m0/s1. The second kappa shape index (κ2) is 6.64. The molecule has 0 saturated heterocycles. The zero-order chi connectivity index (χ0) is 15.2. The third kappa shape index (κ3) is 3.44. The summed E-state index contributed by atoms with van der Waals surface area (Å²) in [6.07, 6.45) is 3.94. The molecule has 2 aromatic heterocycles. The molecule has 0 aliphatic carbocycles. The van der Waals surface area contributed by atoms with Gasteiger partial charge in [0.05, 0.1) is 6.54 Å². The van der Waals surface area contributed by atoms with Crippen molar-refractivity contribution in [3.8, 4) is 0 Å². The monoisotopic (exact) mass is 292 g/mol. The second-order valence-corrected chi connectivity index (χ2v) is 4.22. The van der Waals surface area contributed by atoms with Crippen molar-refractivity contribution in [2.24, 2.45) is 0 Å². The largest absolute Gasteiger partial charge is 0.352 e. The van der Waals surface area contributed by atoms with Crippen LogP contribution in [0.15, 0.2) is 23.0 Å². The Hall–Kier alpha value is -2.71. The van der Waals surface area contributed by atoms with Gasteiger partial charge in [0.2, 0.25) is 11.8 Å². The summed E-state index contributed by atoms with van der Waals surface area (Å²) in [6.45, 7) is 1.95. The molecule has 0 unspecified atom stereocenters. The van der Waals surface area contributed by atoms with E-state index in [-0.39, 0.29) is 24.2 Å². The van der Waals surface area contributed by atoms with Gasteiger partial charge in [0.1, 0.15) is 6.04 Å². The van der Waals surface area contributed by atoms with Crippen molar-refractivity contribution in [3.05, 3.63) is 30.2 Å². The lowest BCUT2D eigenvalue weighted by Crippen LogP contribution is -2.32. The summed E-state index contributed by atoms with van der Waals surface area (Å²) in [5, 5.41) is 12.6. The second-order valence-electron chi connectivity index (χ2n) is 4.22. The first kappa shape index (κ1) is 14.7. The highest BCUT2D eigenvalue weighted by molar-refractivity contribution is 5.89. The lowest BCUT2D eigenvalue weighted by atomic mass is 10.2. The van der Waals surface area contributed by atoms with Crippen LogP contribution in [0.25, 0.3) is 0 Å². The first-order valence-electron chi connectivity index (χ1n) is 6.47.